The number of rotatable bonds is 3. The van der Waals surface area contributed by atoms with E-state index in [1.54, 1.807) is 17.5 Å². The van der Waals surface area contributed by atoms with Gasteiger partial charge in [-0.3, -0.25) is 0 Å². The van der Waals surface area contributed by atoms with Crippen molar-refractivity contribution in [2.75, 3.05) is 40.3 Å². The van der Waals surface area contributed by atoms with E-state index in [2.05, 4.69) is 4.90 Å². The normalized spacial score (nSPS) is 18.2. The second-order valence-electron chi connectivity index (χ2n) is 5.29. The topological polar surface area (TPSA) is 49.9 Å². The molecule has 1 heterocycles. The monoisotopic (exact) mass is 298 g/mol. The van der Waals surface area contributed by atoms with E-state index < -0.39 is 10.0 Å². The molecular weight excluding hydrogens is 276 g/mol. The second-order valence-corrected chi connectivity index (χ2v) is 7.20. The molecule has 0 radical (unpaired) electrons. The van der Waals surface area contributed by atoms with Crippen molar-refractivity contribution in [3.8, 4) is 5.75 Å². The third-order valence-electron chi connectivity index (χ3n) is 3.77. The lowest BCUT2D eigenvalue weighted by atomic mass is 10.1. The molecule has 1 aliphatic rings. The largest absolute Gasteiger partial charge is 0.496 e. The van der Waals surface area contributed by atoms with E-state index in [1.807, 2.05) is 27.0 Å². The Bertz CT molecular complexity index is 591. The third kappa shape index (κ3) is 2.82. The number of piperazine rings is 1. The molecule has 0 bridgehead atoms. The summed E-state index contributed by atoms with van der Waals surface area (Å²) in [4.78, 5) is 2.48. The van der Waals surface area contributed by atoms with Gasteiger partial charge in [-0.05, 0) is 32.0 Å². The summed E-state index contributed by atoms with van der Waals surface area (Å²) >= 11 is 0. The average molecular weight is 298 g/mol. The number of benzene rings is 1. The quantitative estimate of drug-likeness (QED) is 0.843. The minimum Gasteiger partial charge on any atom is -0.496 e. The van der Waals surface area contributed by atoms with Crippen molar-refractivity contribution in [3.05, 3.63) is 23.3 Å². The van der Waals surface area contributed by atoms with Crippen molar-refractivity contribution in [1.29, 1.82) is 0 Å². The van der Waals surface area contributed by atoms with Crippen LogP contribution in [0, 0.1) is 13.8 Å². The van der Waals surface area contributed by atoms with Crippen molar-refractivity contribution in [2.45, 2.75) is 18.7 Å². The van der Waals surface area contributed by atoms with Gasteiger partial charge in [-0.15, -0.1) is 0 Å². The van der Waals surface area contributed by atoms with Gasteiger partial charge in [-0.2, -0.15) is 4.31 Å². The molecule has 2 rings (SSSR count). The standard InChI is InChI=1S/C14H22N2O3S/c1-11-9-12(2)14(10-13(11)19-4)20(17,18)16-7-5-15(3)6-8-16/h9-10H,5-8H2,1-4H3. The molecule has 112 valence electrons. The van der Waals surface area contributed by atoms with E-state index in [-0.39, 0.29) is 0 Å². The highest BCUT2D eigenvalue weighted by Gasteiger charge is 2.29. The SMILES string of the molecule is COc1cc(S(=O)(=O)N2CCN(C)CC2)c(C)cc1C. The van der Waals surface area contributed by atoms with E-state index in [0.717, 1.165) is 24.2 Å². The van der Waals surface area contributed by atoms with Crippen LogP contribution in [0.15, 0.2) is 17.0 Å². The number of nitrogens with zero attached hydrogens (tertiary/aromatic N) is 2. The van der Waals surface area contributed by atoms with E-state index in [1.165, 1.54) is 0 Å². The number of sulfonamides is 1. The van der Waals surface area contributed by atoms with Crippen molar-refractivity contribution < 1.29 is 13.2 Å². The summed E-state index contributed by atoms with van der Waals surface area (Å²) in [5.41, 5.74) is 1.71. The van der Waals surface area contributed by atoms with E-state index in [9.17, 15) is 8.42 Å². The van der Waals surface area contributed by atoms with Crippen molar-refractivity contribution in [2.24, 2.45) is 0 Å². The molecule has 1 saturated heterocycles. The van der Waals surface area contributed by atoms with E-state index in [4.69, 9.17) is 4.74 Å². The summed E-state index contributed by atoms with van der Waals surface area (Å²) in [5.74, 6) is 0.614. The predicted octanol–water partition coefficient (Wildman–Crippen LogP) is 1.25. The van der Waals surface area contributed by atoms with Crippen LogP contribution in [0.3, 0.4) is 0 Å². The Hall–Kier alpha value is -1.11. The van der Waals surface area contributed by atoms with Gasteiger partial charge >= 0.3 is 0 Å². The minimum atomic E-state index is -3.44. The van der Waals surface area contributed by atoms with Crippen LogP contribution in [0.5, 0.6) is 5.75 Å². The van der Waals surface area contributed by atoms with Crippen LogP contribution in [0.25, 0.3) is 0 Å². The molecule has 1 aromatic rings. The Kier molecular flexibility index (Phi) is 4.36. The summed E-state index contributed by atoms with van der Waals surface area (Å²) in [6.07, 6.45) is 0. The maximum Gasteiger partial charge on any atom is 0.243 e. The van der Waals surface area contributed by atoms with Gasteiger partial charge in [-0.25, -0.2) is 8.42 Å². The molecular formula is C14H22N2O3S. The Morgan fingerprint density at radius 2 is 1.65 bits per heavy atom. The first-order chi connectivity index (χ1) is 9.36. The first kappa shape index (κ1) is 15.3. The van der Waals surface area contributed by atoms with Crippen LogP contribution < -0.4 is 4.74 Å². The molecule has 6 heteroatoms. The Morgan fingerprint density at radius 3 is 2.20 bits per heavy atom. The first-order valence-corrected chi connectivity index (χ1v) is 8.14. The van der Waals surface area contributed by atoms with Crippen molar-refractivity contribution >= 4 is 10.0 Å². The average Bonchev–Trinajstić information content (AvgIpc) is 2.39. The highest BCUT2D eigenvalue weighted by molar-refractivity contribution is 7.89. The van der Waals surface area contributed by atoms with Gasteiger partial charge in [-0.1, -0.05) is 6.07 Å². The summed E-state index contributed by atoms with van der Waals surface area (Å²) in [5, 5.41) is 0. The van der Waals surface area contributed by atoms with Gasteiger partial charge in [0, 0.05) is 32.2 Å². The molecule has 0 atom stereocenters. The van der Waals surface area contributed by atoms with Gasteiger partial charge in [0.05, 0.1) is 12.0 Å². The predicted molar refractivity (Wildman–Crippen MR) is 78.7 cm³/mol. The molecule has 0 N–H and O–H groups in total. The highest BCUT2D eigenvalue weighted by Crippen LogP contribution is 2.28. The molecule has 5 nitrogen and oxygen atoms in total. The van der Waals surface area contributed by atoms with E-state index in [0.29, 0.717) is 23.7 Å². The van der Waals surface area contributed by atoms with Crippen LogP contribution in [0.4, 0.5) is 0 Å². The second kappa shape index (κ2) is 5.71. The van der Waals surface area contributed by atoms with Gasteiger partial charge in [0.2, 0.25) is 10.0 Å². The molecule has 1 aromatic carbocycles. The summed E-state index contributed by atoms with van der Waals surface area (Å²) in [7, 11) is 0.125. The maximum absolute atomic E-state index is 12.7. The Balaban J connectivity index is 2.39. The molecule has 1 aliphatic heterocycles. The van der Waals surface area contributed by atoms with Gasteiger partial charge < -0.3 is 9.64 Å². The highest BCUT2D eigenvalue weighted by atomic mass is 32.2. The fourth-order valence-electron chi connectivity index (χ4n) is 2.48. The fraction of sp³-hybridized carbons (Fsp3) is 0.571. The smallest absolute Gasteiger partial charge is 0.243 e. The number of methoxy groups -OCH3 is 1. The number of ether oxygens (including phenoxy) is 1. The first-order valence-electron chi connectivity index (χ1n) is 6.70. The molecule has 1 fully saturated rings. The van der Waals surface area contributed by atoms with Crippen LogP contribution in [-0.2, 0) is 10.0 Å². The molecule has 0 unspecified atom stereocenters. The van der Waals surface area contributed by atoms with Crippen LogP contribution in [0.2, 0.25) is 0 Å². The van der Waals surface area contributed by atoms with Crippen LogP contribution in [-0.4, -0.2) is 58.0 Å². The lowest BCUT2D eigenvalue weighted by Gasteiger charge is -2.32. The van der Waals surface area contributed by atoms with Gasteiger partial charge in [0.15, 0.2) is 0 Å². The zero-order valence-electron chi connectivity index (χ0n) is 12.5. The van der Waals surface area contributed by atoms with Crippen molar-refractivity contribution in [1.82, 2.24) is 9.21 Å². The summed E-state index contributed by atoms with van der Waals surface area (Å²) in [6.45, 7) is 6.35. The maximum atomic E-state index is 12.7. The zero-order chi connectivity index (χ0) is 14.9. The van der Waals surface area contributed by atoms with Gasteiger partial charge in [0.25, 0.3) is 0 Å². The molecule has 20 heavy (non-hydrogen) atoms. The summed E-state index contributed by atoms with van der Waals surface area (Å²) < 4.78 is 32.3. The third-order valence-corrected chi connectivity index (χ3v) is 5.81. The number of hydrogen-bond donors (Lipinski definition) is 0. The van der Waals surface area contributed by atoms with Crippen LogP contribution in [0.1, 0.15) is 11.1 Å². The Morgan fingerprint density at radius 1 is 1.05 bits per heavy atom. The van der Waals surface area contributed by atoms with Crippen LogP contribution >= 0.6 is 0 Å². The lowest BCUT2D eigenvalue weighted by molar-refractivity contribution is 0.222. The summed E-state index contributed by atoms with van der Waals surface area (Å²) in [6, 6.07) is 3.50. The number of likely N-dealkylation sites (N-methyl/N-ethyl adjacent to an activating group) is 1. The molecule has 0 aromatic heterocycles. The molecule has 0 spiro atoms. The van der Waals surface area contributed by atoms with E-state index >= 15 is 0 Å². The molecule has 0 amide bonds. The Labute approximate surface area is 121 Å². The lowest BCUT2D eigenvalue weighted by Crippen LogP contribution is -2.47. The molecule has 0 saturated carbocycles. The van der Waals surface area contributed by atoms with Gasteiger partial charge in [0.1, 0.15) is 5.75 Å². The fourth-order valence-corrected chi connectivity index (χ4v) is 4.12. The van der Waals surface area contributed by atoms with Crippen molar-refractivity contribution in [3.63, 3.8) is 0 Å². The number of hydrogen-bond acceptors (Lipinski definition) is 4. The number of aryl methyl sites for hydroxylation is 2. The molecule has 0 aliphatic carbocycles. The zero-order valence-corrected chi connectivity index (χ0v) is 13.3. The minimum absolute atomic E-state index is 0.351.